The fraction of sp³-hybridized carbons (Fsp3) is 0.200. The van der Waals surface area contributed by atoms with Crippen LogP contribution >= 0.6 is 34.8 Å². The van der Waals surface area contributed by atoms with Crippen LogP contribution in [0.25, 0.3) is 0 Å². The topological polar surface area (TPSA) is 34.5 Å². The molecule has 1 aliphatic heterocycles. The summed E-state index contributed by atoms with van der Waals surface area (Å²) in [6.07, 6.45) is -2.36. The van der Waals surface area contributed by atoms with Gasteiger partial charge in [0.05, 0.1) is 27.2 Å². The van der Waals surface area contributed by atoms with Crippen LogP contribution in [0.3, 0.4) is 0 Å². The van der Waals surface area contributed by atoms with Crippen molar-refractivity contribution in [3.63, 3.8) is 0 Å². The number of hydrogen-bond donors (Lipinski definition) is 0. The maximum absolute atomic E-state index is 13.8. The maximum Gasteiger partial charge on any atom is 0.435 e. The third-order valence-corrected chi connectivity index (χ3v) is 4.83. The molecule has 3 nitrogen and oxygen atoms in total. The number of pyridine rings is 1. The Morgan fingerprint density at radius 1 is 1.12 bits per heavy atom. The molecule has 0 amide bonds. The summed E-state index contributed by atoms with van der Waals surface area (Å²) in [6.45, 7) is 0. The molecule has 0 fully saturated rings. The summed E-state index contributed by atoms with van der Waals surface area (Å²) in [5.41, 5.74) is -2.38. The van der Waals surface area contributed by atoms with E-state index in [0.717, 1.165) is 12.1 Å². The molecule has 1 atom stereocenters. The fourth-order valence-corrected chi connectivity index (χ4v) is 2.98. The van der Waals surface area contributed by atoms with Crippen molar-refractivity contribution in [3.05, 3.63) is 62.9 Å². The predicted molar refractivity (Wildman–Crippen MR) is 85.7 cm³/mol. The molecule has 0 radical (unpaired) electrons. The minimum atomic E-state index is -4.75. The summed E-state index contributed by atoms with van der Waals surface area (Å²) < 4.78 is 41.5. The molecule has 126 valence electrons. The summed E-state index contributed by atoms with van der Waals surface area (Å²) in [4.78, 5) is 8.76. The van der Waals surface area contributed by atoms with Gasteiger partial charge in [0.1, 0.15) is 0 Å². The van der Waals surface area contributed by atoms with Gasteiger partial charge in [0.15, 0.2) is 0 Å². The SMILES string of the molecule is FC(F)(F)C1(c2cc(Cl)c(Cl)c(Cl)c2)CC(c2cccnc2)=NO1. The van der Waals surface area contributed by atoms with E-state index in [1.807, 2.05) is 0 Å². The first-order valence-corrected chi connectivity index (χ1v) is 7.75. The minimum Gasteiger partial charge on any atom is -0.374 e. The standard InChI is InChI=1S/C15H8Cl3F3N2O/c16-10-4-9(5-11(17)13(10)18)14(15(19,20)21)6-12(23-24-14)8-2-1-3-22-7-8/h1-5,7H,6H2. The van der Waals surface area contributed by atoms with Gasteiger partial charge in [-0.3, -0.25) is 4.98 Å². The first kappa shape index (κ1) is 17.3. The van der Waals surface area contributed by atoms with Crippen LogP contribution < -0.4 is 0 Å². The van der Waals surface area contributed by atoms with Crippen LogP contribution in [0.1, 0.15) is 17.5 Å². The van der Waals surface area contributed by atoms with Gasteiger partial charge in [-0.05, 0) is 24.3 Å². The average Bonchev–Trinajstić information content (AvgIpc) is 2.99. The van der Waals surface area contributed by atoms with Crippen LogP contribution in [0.15, 0.2) is 41.8 Å². The number of benzene rings is 1. The molecular formula is C15H8Cl3F3N2O. The number of halogens is 6. The van der Waals surface area contributed by atoms with Crippen LogP contribution in [0.4, 0.5) is 13.2 Å². The highest BCUT2D eigenvalue weighted by Crippen LogP contribution is 2.50. The zero-order valence-electron chi connectivity index (χ0n) is 11.7. The lowest BCUT2D eigenvalue weighted by Crippen LogP contribution is -2.42. The number of oxime groups is 1. The van der Waals surface area contributed by atoms with E-state index in [1.54, 1.807) is 12.1 Å². The normalized spacial score (nSPS) is 20.7. The van der Waals surface area contributed by atoms with Crippen molar-refractivity contribution >= 4 is 40.5 Å². The fourth-order valence-electron chi connectivity index (χ4n) is 2.38. The Balaban J connectivity index is 2.07. The highest BCUT2D eigenvalue weighted by molar-refractivity contribution is 6.48. The number of aromatic nitrogens is 1. The summed E-state index contributed by atoms with van der Waals surface area (Å²) in [5, 5.41) is 3.41. The first-order valence-electron chi connectivity index (χ1n) is 6.62. The summed E-state index contributed by atoms with van der Waals surface area (Å²) in [6, 6.07) is 5.38. The molecule has 1 unspecified atom stereocenters. The molecule has 0 saturated carbocycles. The molecule has 2 heterocycles. The number of rotatable bonds is 2. The molecule has 1 aromatic carbocycles. The highest BCUT2D eigenvalue weighted by Gasteiger charge is 2.62. The van der Waals surface area contributed by atoms with Crippen molar-refractivity contribution in [1.29, 1.82) is 0 Å². The van der Waals surface area contributed by atoms with E-state index in [4.69, 9.17) is 39.6 Å². The molecule has 0 saturated heterocycles. The molecule has 0 aliphatic carbocycles. The van der Waals surface area contributed by atoms with Crippen molar-refractivity contribution in [2.75, 3.05) is 0 Å². The lowest BCUT2D eigenvalue weighted by molar-refractivity contribution is -0.275. The Hall–Kier alpha value is -1.50. The molecule has 0 bridgehead atoms. The third-order valence-electron chi connectivity index (χ3n) is 3.63. The summed E-state index contributed by atoms with van der Waals surface area (Å²) in [7, 11) is 0. The zero-order valence-corrected chi connectivity index (χ0v) is 14.0. The van der Waals surface area contributed by atoms with Crippen LogP contribution in [0.5, 0.6) is 0 Å². The van der Waals surface area contributed by atoms with Gasteiger partial charge in [-0.25, -0.2) is 0 Å². The van der Waals surface area contributed by atoms with Crippen molar-refractivity contribution in [1.82, 2.24) is 4.98 Å². The van der Waals surface area contributed by atoms with E-state index >= 15 is 0 Å². The van der Waals surface area contributed by atoms with Crippen molar-refractivity contribution < 1.29 is 18.0 Å². The number of hydrogen-bond acceptors (Lipinski definition) is 3. The van der Waals surface area contributed by atoms with Crippen molar-refractivity contribution in [3.8, 4) is 0 Å². The van der Waals surface area contributed by atoms with Crippen molar-refractivity contribution in [2.45, 2.75) is 18.2 Å². The van der Waals surface area contributed by atoms with Gasteiger partial charge in [-0.15, -0.1) is 0 Å². The van der Waals surface area contributed by atoms with E-state index in [1.165, 1.54) is 12.4 Å². The second-order valence-corrected chi connectivity index (χ2v) is 6.32. The molecule has 3 rings (SSSR count). The van der Waals surface area contributed by atoms with Gasteiger partial charge < -0.3 is 4.84 Å². The Labute approximate surface area is 150 Å². The molecule has 1 aliphatic rings. The minimum absolute atomic E-state index is 0.0224. The van der Waals surface area contributed by atoms with Gasteiger partial charge in [0.2, 0.25) is 0 Å². The smallest absolute Gasteiger partial charge is 0.374 e. The van der Waals surface area contributed by atoms with Gasteiger partial charge in [-0.1, -0.05) is 40.0 Å². The van der Waals surface area contributed by atoms with Gasteiger partial charge >= 0.3 is 6.18 Å². The second kappa shape index (κ2) is 6.10. The van der Waals surface area contributed by atoms with Crippen LogP contribution in [-0.2, 0) is 10.4 Å². The Morgan fingerprint density at radius 3 is 2.33 bits per heavy atom. The number of alkyl halides is 3. The van der Waals surface area contributed by atoms with Crippen LogP contribution in [0.2, 0.25) is 15.1 Å². The third kappa shape index (κ3) is 2.83. The van der Waals surface area contributed by atoms with Gasteiger partial charge in [0, 0.05) is 23.5 Å². The van der Waals surface area contributed by atoms with E-state index < -0.39 is 18.2 Å². The molecule has 0 N–H and O–H groups in total. The Bertz CT molecular complexity index is 788. The molecule has 2 aromatic rings. The van der Waals surface area contributed by atoms with E-state index in [2.05, 4.69) is 10.1 Å². The van der Waals surface area contributed by atoms with Crippen LogP contribution in [0, 0.1) is 0 Å². The van der Waals surface area contributed by atoms with E-state index in [-0.39, 0.29) is 26.3 Å². The lowest BCUT2D eigenvalue weighted by atomic mass is 9.87. The van der Waals surface area contributed by atoms with E-state index in [9.17, 15) is 13.2 Å². The highest BCUT2D eigenvalue weighted by atomic mass is 35.5. The molecule has 24 heavy (non-hydrogen) atoms. The molecule has 9 heteroatoms. The molecular weight excluding hydrogens is 388 g/mol. The Morgan fingerprint density at radius 2 is 1.79 bits per heavy atom. The maximum atomic E-state index is 13.8. The van der Waals surface area contributed by atoms with Gasteiger partial charge in [-0.2, -0.15) is 13.2 Å². The van der Waals surface area contributed by atoms with E-state index in [0.29, 0.717) is 5.56 Å². The lowest BCUT2D eigenvalue weighted by Gasteiger charge is -2.29. The largest absolute Gasteiger partial charge is 0.435 e. The quantitative estimate of drug-likeness (QED) is 0.618. The summed E-state index contributed by atoms with van der Waals surface area (Å²) in [5.74, 6) is 0. The monoisotopic (exact) mass is 394 g/mol. The Kier molecular flexibility index (Phi) is 4.40. The first-order chi connectivity index (χ1) is 11.2. The predicted octanol–water partition coefficient (Wildman–Crippen LogP) is 5.62. The number of nitrogens with zero attached hydrogens (tertiary/aromatic N) is 2. The average molecular weight is 396 g/mol. The van der Waals surface area contributed by atoms with Gasteiger partial charge in [0.25, 0.3) is 5.60 Å². The van der Waals surface area contributed by atoms with Crippen LogP contribution in [-0.4, -0.2) is 16.9 Å². The molecule has 1 aromatic heterocycles. The summed E-state index contributed by atoms with van der Waals surface area (Å²) >= 11 is 17.6. The molecule has 0 spiro atoms. The second-order valence-electron chi connectivity index (χ2n) is 5.13. The zero-order chi connectivity index (χ0) is 17.5. The van der Waals surface area contributed by atoms with Crippen molar-refractivity contribution in [2.24, 2.45) is 5.16 Å².